The van der Waals surface area contributed by atoms with E-state index in [2.05, 4.69) is 62.9 Å². The Morgan fingerprint density at radius 2 is 2.09 bits per heavy atom. The lowest BCUT2D eigenvalue weighted by molar-refractivity contribution is 0.944. The van der Waals surface area contributed by atoms with Gasteiger partial charge in [-0.15, -0.1) is 11.3 Å². The number of pyridine rings is 1. The molecule has 2 aromatic heterocycles. The van der Waals surface area contributed by atoms with E-state index in [-0.39, 0.29) is 0 Å². The summed E-state index contributed by atoms with van der Waals surface area (Å²) in [5, 5.41) is 2.65. The van der Waals surface area contributed by atoms with Crippen LogP contribution in [-0.4, -0.2) is 4.98 Å². The fraction of sp³-hybridized carbons (Fsp3) is 0.190. The first-order valence-corrected chi connectivity index (χ1v) is 8.78. The van der Waals surface area contributed by atoms with Crippen LogP contribution in [0.4, 0.5) is 0 Å². The van der Waals surface area contributed by atoms with Gasteiger partial charge < -0.3 is 0 Å². The first-order chi connectivity index (χ1) is 11.2. The van der Waals surface area contributed by atoms with Crippen molar-refractivity contribution < 1.29 is 0 Å². The van der Waals surface area contributed by atoms with Crippen LogP contribution >= 0.6 is 11.3 Å². The van der Waals surface area contributed by atoms with Crippen LogP contribution in [0.1, 0.15) is 31.7 Å². The van der Waals surface area contributed by atoms with Crippen LogP contribution in [0.5, 0.6) is 0 Å². The molecule has 0 saturated heterocycles. The van der Waals surface area contributed by atoms with Crippen LogP contribution in [-0.2, 0) is 6.42 Å². The number of aryl methyl sites for hydroxylation is 1. The maximum Gasteiger partial charge on any atom is 0.0840 e. The van der Waals surface area contributed by atoms with Crippen molar-refractivity contribution in [3.8, 4) is 0 Å². The van der Waals surface area contributed by atoms with Gasteiger partial charge in [-0.1, -0.05) is 49.1 Å². The molecule has 116 valence electrons. The van der Waals surface area contributed by atoms with Crippen LogP contribution < -0.4 is 0 Å². The zero-order valence-electron chi connectivity index (χ0n) is 13.7. The van der Waals surface area contributed by atoms with E-state index in [9.17, 15) is 0 Å². The molecular weight excluding hydrogens is 298 g/mol. The van der Waals surface area contributed by atoms with Crippen molar-refractivity contribution in [2.75, 3.05) is 0 Å². The Balaban J connectivity index is 2.24. The van der Waals surface area contributed by atoms with E-state index in [4.69, 9.17) is 4.98 Å². The van der Waals surface area contributed by atoms with E-state index in [1.54, 1.807) is 0 Å². The number of thiophene rings is 1. The predicted octanol–water partition coefficient (Wildman–Crippen LogP) is 6.55. The van der Waals surface area contributed by atoms with Crippen molar-refractivity contribution in [2.45, 2.75) is 26.7 Å². The van der Waals surface area contributed by atoms with Crippen molar-refractivity contribution in [3.63, 3.8) is 0 Å². The fourth-order valence-corrected chi connectivity index (χ4v) is 4.06. The van der Waals surface area contributed by atoms with E-state index in [0.29, 0.717) is 0 Å². The molecule has 0 spiro atoms. The quantitative estimate of drug-likeness (QED) is 0.384. The maximum atomic E-state index is 4.95. The smallest absolute Gasteiger partial charge is 0.0840 e. The third kappa shape index (κ3) is 3.13. The van der Waals surface area contributed by atoms with Gasteiger partial charge in [-0.05, 0) is 44.4 Å². The van der Waals surface area contributed by atoms with Crippen LogP contribution in [0.2, 0.25) is 0 Å². The van der Waals surface area contributed by atoms with Crippen LogP contribution in [0.3, 0.4) is 0 Å². The van der Waals surface area contributed by atoms with Crippen LogP contribution in [0.15, 0.2) is 61.2 Å². The topological polar surface area (TPSA) is 12.9 Å². The summed E-state index contributed by atoms with van der Waals surface area (Å²) in [4.78, 5) is 4.95. The fourth-order valence-electron chi connectivity index (χ4n) is 2.83. The Labute approximate surface area is 141 Å². The SMILES string of the molecule is C=CC=C(C)c1nc(CCC=CC)cc2c1sc1ccccc12. The minimum Gasteiger partial charge on any atom is -0.252 e. The van der Waals surface area contributed by atoms with Crippen LogP contribution in [0.25, 0.3) is 25.7 Å². The third-order valence-corrected chi connectivity index (χ3v) is 5.15. The number of benzene rings is 1. The largest absolute Gasteiger partial charge is 0.252 e. The minimum absolute atomic E-state index is 0.971. The number of allylic oxidation sites excluding steroid dienone is 5. The molecule has 1 nitrogen and oxygen atoms in total. The van der Waals surface area contributed by atoms with E-state index < -0.39 is 0 Å². The van der Waals surface area contributed by atoms with Gasteiger partial charge in [0.05, 0.1) is 10.4 Å². The summed E-state index contributed by atoms with van der Waals surface area (Å²) in [6, 6.07) is 10.9. The predicted molar refractivity (Wildman–Crippen MR) is 104 cm³/mol. The van der Waals surface area contributed by atoms with Crippen molar-refractivity contribution in [3.05, 3.63) is 72.6 Å². The van der Waals surface area contributed by atoms with Gasteiger partial charge >= 0.3 is 0 Å². The van der Waals surface area contributed by atoms with Gasteiger partial charge in [0, 0.05) is 21.2 Å². The zero-order valence-corrected chi connectivity index (χ0v) is 14.5. The average molecular weight is 319 g/mol. The molecule has 23 heavy (non-hydrogen) atoms. The number of aromatic nitrogens is 1. The molecule has 0 aliphatic carbocycles. The van der Waals surface area contributed by atoms with E-state index in [0.717, 1.165) is 24.2 Å². The molecule has 0 fully saturated rings. The van der Waals surface area contributed by atoms with Crippen LogP contribution in [0, 0.1) is 0 Å². The van der Waals surface area contributed by atoms with Gasteiger partial charge in [-0.3, -0.25) is 4.98 Å². The van der Waals surface area contributed by atoms with Gasteiger partial charge in [-0.2, -0.15) is 0 Å². The number of rotatable bonds is 5. The standard InChI is InChI=1S/C21H21NS/c1-4-6-7-11-16-14-18-17-12-8-9-13-19(17)23-21(18)20(22-16)15(3)10-5-2/h4-6,8-10,12-14H,2,7,11H2,1,3H3. The highest BCUT2D eigenvalue weighted by Crippen LogP contribution is 2.37. The lowest BCUT2D eigenvalue weighted by Gasteiger charge is -2.07. The summed E-state index contributed by atoms with van der Waals surface area (Å²) in [6.07, 6.45) is 10.2. The molecule has 0 atom stereocenters. The van der Waals surface area contributed by atoms with E-state index >= 15 is 0 Å². The molecule has 3 rings (SSSR count). The first-order valence-electron chi connectivity index (χ1n) is 7.96. The molecular formula is C21H21NS. The molecule has 2 heteroatoms. The second-order valence-corrected chi connectivity index (χ2v) is 6.68. The number of hydrogen-bond acceptors (Lipinski definition) is 2. The maximum absolute atomic E-state index is 4.95. The highest BCUT2D eigenvalue weighted by Gasteiger charge is 2.13. The summed E-state index contributed by atoms with van der Waals surface area (Å²) >= 11 is 1.83. The van der Waals surface area contributed by atoms with Crippen molar-refractivity contribution >= 4 is 37.1 Å². The molecule has 2 heterocycles. The molecule has 3 aromatic rings. The number of fused-ring (bicyclic) bond motifs is 3. The van der Waals surface area contributed by atoms with E-state index in [1.807, 2.05) is 23.5 Å². The normalized spacial score (nSPS) is 12.5. The van der Waals surface area contributed by atoms with Gasteiger partial charge in [0.15, 0.2) is 0 Å². The molecule has 0 radical (unpaired) electrons. The summed E-state index contributed by atoms with van der Waals surface area (Å²) in [5.74, 6) is 0. The molecule has 0 aliphatic rings. The summed E-state index contributed by atoms with van der Waals surface area (Å²) < 4.78 is 2.60. The van der Waals surface area contributed by atoms with Crippen molar-refractivity contribution in [1.82, 2.24) is 4.98 Å². The molecule has 0 saturated carbocycles. The molecule has 0 aliphatic heterocycles. The Morgan fingerprint density at radius 3 is 2.87 bits per heavy atom. The lowest BCUT2D eigenvalue weighted by atomic mass is 10.1. The zero-order chi connectivity index (χ0) is 16.2. The van der Waals surface area contributed by atoms with Gasteiger partial charge in [-0.25, -0.2) is 0 Å². The van der Waals surface area contributed by atoms with Gasteiger partial charge in [0.1, 0.15) is 0 Å². The Bertz CT molecular complexity index is 912. The van der Waals surface area contributed by atoms with Gasteiger partial charge in [0.25, 0.3) is 0 Å². The average Bonchev–Trinajstić information content (AvgIpc) is 2.93. The first kappa shape index (κ1) is 15.7. The molecule has 0 amide bonds. The summed E-state index contributed by atoms with van der Waals surface area (Å²) in [6.45, 7) is 8.00. The number of hydrogen-bond donors (Lipinski definition) is 0. The summed E-state index contributed by atoms with van der Waals surface area (Å²) in [5.41, 5.74) is 3.43. The third-order valence-electron chi connectivity index (χ3n) is 3.96. The molecule has 0 N–H and O–H groups in total. The van der Waals surface area contributed by atoms with Gasteiger partial charge in [0.2, 0.25) is 0 Å². The van der Waals surface area contributed by atoms with Crippen molar-refractivity contribution in [2.24, 2.45) is 0 Å². The molecule has 0 bridgehead atoms. The highest BCUT2D eigenvalue weighted by atomic mass is 32.1. The van der Waals surface area contributed by atoms with Crippen molar-refractivity contribution in [1.29, 1.82) is 0 Å². The Morgan fingerprint density at radius 1 is 1.26 bits per heavy atom. The minimum atomic E-state index is 0.971. The summed E-state index contributed by atoms with van der Waals surface area (Å²) in [7, 11) is 0. The van der Waals surface area contributed by atoms with E-state index in [1.165, 1.54) is 25.7 Å². The second kappa shape index (κ2) is 6.93. The highest BCUT2D eigenvalue weighted by molar-refractivity contribution is 7.26. The molecule has 1 aromatic carbocycles. The number of nitrogens with zero attached hydrogens (tertiary/aromatic N) is 1. The Hall–Kier alpha value is -2.19. The lowest BCUT2D eigenvalue weighted by Crippen LogP contribution is -1.94. The Kier molecular flexibility index (Phi) is 4.73. The monoisotopic (exact) mass is 319 g/mol. The second-order valence-electron chi connectivity index (χ2n) is 5.63. The molecule has 0 unspecified atom stereocenters.